The van der Waals surface area contributed by atoms with Crippen LogP contribution in [0.15, 0.2) is 59.2 Å². The molecule has 1 aromatic carbocycles. The molecule has 0 N–H and O–H groups in total. The zero-order valence-electron chi connectivity index (χ0n) is 8.61. The molecule has 1 atom stereocenters. The van der Waals surface area contributed by atoms with Crippen LogP contribution in [0, 0.1) is 0 Å². The minimum atomic E-state index is -1.74. The van der Waals surface area contributed by atoms with Crippen molar-refractivity contribution in [1.29, 1.82) is 0 Å². The second-order valence-corrected chi connectivity index (χ2v) is 4.22. The smallest absolute Gasteiger partial charge is 0.205 e. The predicted octanol–water partition coefficient (Wildman–Crippen LogP) is 3.85. The van der Waals surface area contributed by atoms with Crippen molar-refractivity contribution in [1.82, 2.24) is 0 Å². The molecule has 1 aliphatic carbocycles. The topological polar surface area (TPSA) is 12.4 Å². The summed E-state index contributed by atoms with van der Waals surface area (Å²) in [6.07, 6.45) is 6.51. The van der Waals surface area contributed by atoms with Crippen molar-refractivity contribution in [2.75, 3.05) is 0 Å². The number of alkyl halides is 2. The summed E-state index contributed by atoms with van der Waals surface area (Å²) >= 11 is 5.50. The molecular formula is C13H11ClFN. The molecule has 1 aromatic rings. The molecule has 0 bridgehead atoms. The minimum Gasteiger partial charge on any atom is -0.257 e. The standard InChI is InChI=1S/C13H11ClFN/c14-13(15)8-6-12(7-9-13)16-10-11-4-2-1-3-5-11/h1-8,10H,9H2. The number of hydrogen-bond acceptors (Lipinski definition) is 1. The van der Waals surface area contributed by atoms with Gasteiger partial charge < -0.3 is 0 Å². The zero-order chi connectivity index (χ0) is 11.4. The van der Waals surface area contributed by atoms with Gasteiger partial charge in [-0.1, -0.05) is 48.0 Å². The Hall–Kier alpha value is -1.41. The molecule has 3 heteroatoms. The lowest BCUT2D eigenvalue weighted by Gasteiger charge is -2.14. The molecule has 0 fully saturated rings. The van der Waals surface area contributed by atoms with E-state index in [9.17, 15) is 4.39 Å². The fourth-order valence-electron chi connectivity index (χ4n) is 1.37. The maximum absolute atomic E-state index is 13.2. The van der Waals surface area contributed by atoms with E-state index in [2.05, 4.69) is 4.99 Å². The van der Waals surface area contributed by atoms with Crippen molar-refractivity contribution in [3.8, 4) is 0 Å². The highest BCUT2D eigenvalue weighted by molar-refractivity contribution is 6.24. The van der Waals surface area contributed by atoms with Crippen molar-refractivity contribution < 1.29 is 4.39 Å². The average molecular weight is 236 g/mol. The van der Waals surface area contributed by atoms with Gasteiger partial charge in [-0.25, -0.2) is 4.39 Å². The van der Waals surface area contributed by atoms with Crippen LogP contribution in [-0.2, 0) is 0 Å². The van der Waals surface area contributed by atoms with Crippen LogP contribution in [0.4, 0.5) is 4.39 Å². The van der Waals surface area contributed by atoms with Crippen molar-refractivity contribution in [3.63, 3.8) is 0 Å². The summed E-state index contributed by atoms with van der Waals surface area (Å²) < 4.78 is 13.2. The Morgan fingerprint density at radius 1 is 1.31 bits per heavy atom. The van der Waals surface area contributed by atoms with E-state index in [-0.39, 0.29) is 6.42 Å². The number of halogens is 2. The lowest BCUT2D eigenvalue weighted by Crippen LogP contribution is -2.11. The molecule has 0 heterocycles. The van der Waals surface area contributed by atoms with Crippen molar-refractivity contribution in [2.24, 2.45) is 4.99 Å². The fraction of sp³-hybridized carbons (Fsp3) is 0.154. The summed E-state index contributed by atoms with van der Waals surface area (Å²) in [5.74, 6) is 0. The highest BCUT2D eigenvalue weighted by Crippen LogP contribution is 2.29. The van der Waals surface area contributed by atoms with E-state index >= 15 is 0 Å². The first-order valence-electron chi connectivity index (χ1n) is 5.02. The number of aliphatic imine (C=N–C) groups is 1. The summed E-state index contributed by atoms with van der Waals surface area (Å²) in [5, 5.41) is -1.74. The Morgan fingerprint density at radius 2 is 2.06 bits per heavy atom. The summed E-state index contributed by atoms with van der Waals surface area (Å²) in [7, 11) is 0. The third-order valence-electron chi connectivity index (χ3n) is 2.24. The number of hydrogen-bond donors (Lipinski definition) is 0. The summed E-state index contributed by atoms with van der Waals surface area (Å²) in [6, 6.07) is 9.74. The average Bonchev–Trinajstić information content (AvgIpc) is 2.29. The van der Waals surface area contributed by atoms with E-state index < -0.39 is 5.13 Å². The summed E-state index contributed by atoms with van der Waals surface area (Å²) in [4.78, 5) is 4.24. The molecule has 0 aliphatic heterocycles. The Morgan fingerprint density at radius 3 is 2.69 bits per heavy atom. The van der Waals surface area contributed by atoms with Crippen molar-refractivity contribution in [2.45, 2.75) is 11.5 Å². The van der Waals surface area contributed by atoms with Gasteiger partial charge in [0.2, 0.25) is 5.13 Å². The molecule has 82 valence electrons. The van der Waals surface area contributed by atoms with Crippen LogP contribution in [0.5, 0.6) is 0 Å². The molecule has 0 amide bonds. The van der Waals surface area contributed by atoms with Crippen LogP contribution in [0.25, 0.3) is 0 Å². The third kappa shape index (κ3) is 3.04. The third-order valence-corrected chi connectivity index (χ3v) is 2.52. The number of nitrogens with zero attached hydrogens (tertiary/aromatic N) is 1. The van der Waals surface area contributed by atoms with E-state index in [1.165, 1.54) is 6.08 Å². The van der Waals surface area contributed by atoms with Gasteiger partial charge >= 0.3 is 0 Å². The first-order valence-corrected chi connectivity index (χ1v) is 5.40. The van der Waals surface area contributed by atoms with Gasteiger partial charge in [0, 0.05) is 12.6 Å². The lowest BCUT2D eigenvalue weighted by atomic mass is 10.1. The van der Waals surface area contributed by atoms with Gasteiger partial charge in [-0.3, -0.25) is 4.99 Å². The molecule has 1 nitrogen and oxygen atoms in total. The molecule has 0 aromatic heterocycles. The van der Waals surface area contributed by atoms with Gasteiger partial charge in [0.25, 0.3) is 0 Å². The molecule has 0 saturated heterocycles. The summed E-state index contributed by atoms with van der Waals surface area (Å²) in [5.41, 5.74) is 1.75. The second-order valence-electron chi connectivity index (χ2n) is 3.60. The van der Waals surface area contributed by atoms with E-state index in [1.807, 2.05) is 30.3 Å². The van der Waals surface area contributed by atoms with Gasteiger partial charge in [0.1, 0.15) is 0 Å². The molecule has 16 heavy (non-hydrogen) atoms. The van der Waals surface area contributed by atoms with Crippen LogP contribution >= 0.6 is 11.6 Å². The molecule has 2 rings (SSSR count). The van der Waals surface area contributed by atoms with Crippen molar-refractivity contribution in [3.05, 3.63) is 59.8 Å². The highest BCUT2D eigenvalue weighted by Gasteiger charge is 2.23. The number of allylic oxidation sites excluding steroid dienone is 3. The van der Waals surface area contributed by atoms with Gasteiger partial charge in [-0.05, 0) is 17.7 Å². The quantitative estimate of drug-likeness (QED) is 0.545. The lowest BCUT2D eigenvalue weighted by molar-refractivity contribution is 0.346. The molecular weight excluding hydrogens is 225 g/mol. The maximum Gasteiger partial charge on any atom is 0.205 e. The normalized spacial score (nSPS) is 24.8. The monoisotopic (exact) mass is 235 g/mol. The number of benzene rings is 1. The SMILES string of the molecule is FC1(Cl)C=CC(N=Cc2ccccc2)=CC1. The predicted molar refractivity (Wildman–Crippen MR) is 65.6 cm³/mol. The molecule has 1 unspecified atom stereocenters. The fourth-order valence-corrected chi connectivity index (χ4v) is 1.51. The van der Waals surface area contributed by atoms with Crippen LogP contribution in [0.2, 0.25) is 0 Å². The Balaban J connectivity index is 2.05. The Kier molecular flexibility index (Phi) is 3.20. The van der Waals surface area contributed by atoms with E-state index in [0.29, 0.717) is 0 Å². The van der Waals surface area contributed by atoms with E-state index in [4.69, 9.17) is 11.6 Å². The molecule has 1 aliphatic rings. The van der Waals surface area contributed by atoms with Crippen LogP contribution in [-0.4, -0.2) is 11.3 Å². The first-order chi connectivity index (χ1) is 7.66. The van der Waals surface area contributed by atoms with Crippen LogP contribution in [0.1, 0.15) is 12.0 Å². The highest BCUT2D eigenvalue weighted by atomic mass is 35.5. The van der Waals surface area contributed by atoms with Crippen molar-refractivity contribution >= 4 is 17.8 Å². The van der Waals surface area contributed by atoms with Gasteiger partial charge in [-0.15, -0.1) is 0 Å². The van der Waals surface area contributed by atoms with E-state index in [0.717, 1.165) is 11.3 Å². The largest absolute Gasteiger partial charge is 0.257 e. The van der Waals surface area contributed by atoms with Crippen LogP contribution < -0.4 is 0 Å². The first kappa shape index (κ1) is 11.1. The van der Waals surface area contributed by atoms with E-state index in [1.54, 1.807) is 18.4 Å². The minimum absolute atomic E-state index is 0.159. The van der Waals surface area contributed by atoms with Crippen LogP contribution in [0.3, 0.4) is 0 Å². The molecule has 0 radical (unpaired) electrons. The molecule has 0 saturated carbocycles. The Bertz CT molecular complexity index is 446. The van der Waals surface area contributed by atoms with Gasteiger partial charge in [-0.2, -0.15) is 0 Å². The van der Waals surface area contributed by atoms with Gasteiger partial charge in [0.05, 0.1) is 5.70 Å². The molecule has 0 spiro atoms. The summed E-state index contributed by atoms with van der Waals surface area (Å²) in [6.45, 7) is 0. The zero-order valence-corrected chi connectivity index (χ0v) is 9.36. The Labute approximate surface area is 99.0 Å². The maximum atomic E-state index is 13.2. The number of rotatable bonds is 2. The van der Waals surface area contributed by atoms with Gasteiger partial charge in [0.15, 0.2) is 0 Å². The second kappa shape index (κ2) is 4.62.